The van der Waals surface area contributed by atoms with Gasteiger partial charge in [0, 0.05) is 47.3 Å². The van der Waals surface area contributed by atoms with Crippen LogP contribution in [0.5, 0.6) is 0 Å². The molecule has 4 aromatic rings. The monoisotopic (exact) mass is 547 g/mol. The van der Waals surface area contributed by atoms with Crippen LogP contribution < -0.4 is 10.6 Å². The number of amides is 2. The van der Waals surface area contributed by atoms with Crippen molar-refractivity contribution in [3.63, 3.8) is 0 Å². The van der Waals surface area contributed by atoms with Gasteiger partial charge in [-0.05, 0) is 60.2 Å². The zero-order chi connectivity index (χ0) is 26.7. The third kappa shape index (κ3) is 5.42. The predicted octanol–water partition coefficient (Wildman–Crippen LogP) is 4.14. The van der Waals surface area contributed by atoms with Crippen LogP contribution in [0.1, 0.15) is 21.6 Å². The van der Waals surface area contributed by atoms with Gasteiger partial charge < -0.3 is 10.6 Å². The minimum atomic E-state index is -4.25. The lowest BCUT2D eigenvalue weighted by atomic mass is 10.1. The molecule has 1 atom stereocenters. The van der Waals surface area contributed by atoms with Crippen molar-refractivity contribution in [1.82, 2.24) is 14.3 Å². The van der Waals surface area contributed by atoms with Gasteiger partial charge in [-0.25, -0.2) is 13.4 Å². The average molecular weight is 548 g/mol. The number of nitrogens with one attached hydrogen (secondary N) is 2. The number of halogens is 1. The van der Waals surface area contributed by atoms with Crippen LogP contribution >= 0.6 is 11.6 Å². The van der Waals surface area contributed by atoms with Crippen molar-refractivity contribution in [2.45, 2.75) is 23.9 Å². The van der Waals surface area contributed by atoms with Crippen molar-refractivity contribution < 1.29 is 18.0 Å². The molecular formula is C27H22ClN5O4S. The average Bonchev–Trinajstić information content (AvgIpc) is 3.06. The van der Waals surface area contributed by atoms with E-state index >= 15 is 0 Å². The molecule has 0 unspecified atom stereocenters. The van der Waals surface area contributed by atoms with E-state index in [1.165, 1.54) is 30.5 Å². The van der Waals surface area contributed by atoms with Crippen LogP contribution in [0, 0.1) is 0 Å². The molecule has 0 bridgehead atoms. The smallest absolute Gasteiger partial charge is 0.256 e. The Bertz CT molecular complexity index is 1600. The van der Waals surface area contributed by atoms with Gasteiger partial charge in [0.15, 0.2) is 0 Å². The number of aromatic nitrogens is 2. The van der Waals surface area contributed by atoms with E-state index in [0.717, 1.165) is 4.31 Å². The first-order valence-electron chi connectivity index (χ1n) is 11.6. The van der Waals surface area contributed by atoms with Crippen molar-refractivity contribution >= 4 is 44.9 Å². The molecule has 1 aliphatic rings. The highest BCUT2D eigenvalue weighted by atomic mass is 35.5. The van der Waals surface area contributed by atoms with Gasteiger partial charge in [0.05, 0.1) is 4.90 Å². The Kier molecular flexibility index (Phi) is 7.19. The summed E-state index contributed by atoms with van der Waals surface area (Å²) < 4.78 is 29.2. The van der Waals surface area contributed by atoms with Gasteiger partial charge in [0.1, 0.15) is 11.9 Å². The quantitative estimate of drug-likeness (QED) is 0.374. The maximum absolute atomic E-state index is 14.1. The summed E-state index contributed by atoms with van der Waals surface area (Å²) in [5, 5.41) is 5.88. The third-order valence-corrected chi connectivity index (χ3v) is 8.13. The Morgan fingerprint density at radius 1 is 1.00 bits per heavy atom. The molecule has 0 saturated heterocycles. The topological polar surface area (TPSA) is 121 Å². The summed E-state index contributed by atoms with van der Waals surface area (Å²) in [5.74, 6) is -0.690. The van der Waals surface area contributed by atoms with Crippen LogP contribution in [-0.2, 0) is 27.8 Å². The highest BCUT2D eigenvalue weighted by Crippen LogP contribution is 2.31. The van der Waals surface area contributed by atoms with Crippen molar-refractivity contribution in [1.29, 1.82) is 0 Å². The number of rotatable bonds is 6. The van der Waals surface area contributed by atoms with Gasteiger partial charge in [-0.3, -0.25) is 14.6 Å². The van der Waals surface area contributed by atoms with Gasteiger partial charge in [-0.15, -0.1) is 0 Å². The first-order valence-corrected chi connectivity index (χ1v) is 13.5. The molecule has 5 rings (SSSR count). The fraction of sp³-hybridized carbons (Fsp3) is 0.111. The molecule has 0 aliphatic carbocycles. The second-order valence-corrected chi connectivity index (χ2v) is 10.9. The lowest BCUT2D eigenvalue weighted by Gasteiger charge is -2.27. The van der Waals surface area contributed by atoms with E-state index in [2.05, 4.69) is 20.6 Å². The second-order valence-electron chi connectivity index (χ2n) is 8.58. The lowest BCUT2D eigenvalue weighted by molar-refractivity contribution is -0.119. The van der Waals surface area contributed by atoms with Gasteiger partial charge in [0.2, 0.25) is 15.9 Å². The zero-order valence-corrected chi connectivity index (χ0v) is 21.5. The molecule has 1 aliphatic heterocycles. The molecule has 9 nitrogen and oxygen atoms in total. The SMILES string of the molecule is O=C(Nc1ccccn1)c1cccc(S(=O)(=O)N2Cc3ccc(Cl)cc3NC(=O)[C@H]2Cc2ccccn2)c1. The number of pyridine rings is 2. The first kappa shape index (κ1) is 25.5. The molecule has 38 heavy (non-hydrogen) atoms. The molecule has 3 heterocycles. The van der Waals surface area contributed by atoms with E-state index < -0.39 is 27.9 Å². The first-order chi connectivity index (χ1) is 18.3. The van der Waals surface area contributed by atoms with Crippen molar-refractivity contribution in [2.75, 3.05) is 10.6 Å². The minimum absolute atomic E-state index is 0.0491. The zero-order valence-electron chi connectivity index (χ0n) is 19.9. The van der Waals surface area contributed by atoms with Crippen LogP contribution in [0.3, 0.4) is 0 Å². The number of fused-ring (bicyclic) bond motifs is 1. The molecule has 0 saturated carbocycles. The van der Waals surface area contributed by atoms with Gasteiger partial charge in [-0.2, -0.15) is 4.31 Å². The molecule has 2 aromatic carbocycles. The Morgan fingerprint density at radius 2 is 1.79 bits per heavy atom. The van der Waals surface area contributed by atoms with E-state index in [9.17, 15) is 18.0 Å². The fourth-order valence-electron chi connectivity index (χ4n) is 4.15. The lowest BCUT2D eigenvalue weighted by Crippen LogP contribution is -2.46. The highest BCUT2D eigenvalue weighted by molar-refractivity contribution is 7.89. The number of benzene rings is 2. The van der Waals surface area contributed by atoms with E-state index in [4.69, 9.17) is 11.6 Å². The molecule has 2 amide bonds. The van der Waals surface area contributed by atoms with Crippen LogP contribution in [0.25, 0.3) is 0 Å². The van der Waals surface area contributed by atoms with Crippen molar-refractivity contribution in [3.8, 4) is 0 Å². The Labute approximate surface area is 224 Å². The van der Waals surface area contributed by atoms with E-state index in [1.54, 1.807) is 60.8 Å². The number of sulfonamides is 1. The molecule has 192 valence electrons. The van der Waals surface area contributed by atoms with Crippen LogP contribution in [-0.4, -0.2) is 40.5 Å². The van der Waals surface area contributed by atoms with Gasteiger partial charge >= 0.3 is 0 Å². The molecule has 2 N–H and O–H groups in total. The van der Waals surface area contributed by atoms with Crippen LogP contribution in [0.2, 0.25) is 5.02 Å². The Hall–Kier alpha value is -4.12. The summed E-state index contributed by atoms with van der Waals surface area (Å²) >= 11 is 6.14. The summed E-state index contributed by atoms with van der Waals surface area (Å²) in [6.07, 6.45) is 3.17. The third-order valence-electron chi connectivity index (χ3n) is 6.04. The van der Waals surface area contributed by atoms with Crippen LogP contribution in [0.15, 0.2) is 96.2 Å². The van der Waals surface area contributed by atoms with Gasteiger partial charge in [-0.1, -0.05) is 35.9 Å². The Morgan fingerprint density at radius 3 is 2.53 bits per heavy atom. The molecular weight excluding hydrogens is 526 g/mol. The van der Waals surface area contributed by atoms with Crippen LogP contribution in [0.4, 0.5) is 11.5 Å². The van der Waals surface area contributed by atoms with E-state index in [0.29, 0.717) is 27.8 Å². The molecule has 2 aromatic heterocycles. The fourth-order valence-corrected chi connectivity index (χ4v) is 5.93. The normalized spacial score (nSPS) is 15.7. The maximum atomic E-state index is 14.1. The summed E-state index contributed by atoms with van der Waals surface area (Å²) in [5.41, 5.74) is 1.71. The van der Waals surface area contributed by atoms with E-state index in [1.807, 2.05) is 0 Å². The summed E-state index contributed by atoms with van der Waals surface area (Å²) in [6, 6.07) is 19.8. The number of hydrogen-bond donors (Lipinski definition) is 2. The van der Waals surface area contributed by atoms with Crippen molar-refractivity contribution in [3.05, 3.63) is 113 Å². The molecule has 0 radical (unpaired) electrons. The number of carbonyl (C=O) groups excluding carboxylic acids is 2. The number of anilines is 2. The molecule has 0 spiro atoms. The maximum Gasteiger partial charge on any atom is 0.256 e. The number of nitrogens with zero attached hydrogens (tertiary/aromatic N) is 3. The summed E-state index contributed by atoms with van der Waals surface area (Å²) in [4.78, 5) is 34.5. The highest BCUT2D eigenvalue weighted by Gasteiger charge is 2.39. The van der Waals surface area contributed by atoms with Gasteiger partial charge in [0.25, 0.3) is 5.91 Å². The standard InChI is InChI=1S/C27H22ClN5O4S/c28-20-11-10-19-17-33(24(27(35)31-23(19)15-20)16-21-7-1-3-12-29-21)38(36,37)22-8-5-6-18(14-22)26(34)32-25-9-2-4-13-30-25/h1-15,24H,16-17H2,(H,31,35)(H,30,32,34)/t24-/m1/s1. The molecule has 0 fully saturated rings. The molecule has 11 heteroatoms. The second kappa shape index (κ2) is 10.7. The summed E-state index contributed by atoms with van der Waals surface area (Å²) in [7, 11) is -4.25. The number of hydrogen-bond acceptors (Lipinski definition) is 6. The minimum Gasteiger partial charge on any atom is -0.324 e. The van der Waals surface area contributed by atoms with E-state index in [-0.39, 0.29) is 23.4 Å². The Balaban J connectivity index is 1.53. The summed E-state index contributed by atoms with van der Waals surface area (Å²) in [6.45, 7) is -0.0879. The number of carbonyl (C=O) groups is 2. The largest absolute Gasteiger partial charge is 0.324 e. The van der Waals surface area contributed by atoms with Crippen molar-refractivity contribution in [2.24, 2.45) is 0 Å². The predicted molar refractivity (Wildman–Crippen MR) is 143 cm³/mol.